The van der Waals surface area contributed by atoms with Crippen LogP contribution in [0.1, 0.15) is 23.2 Å². The molecule has 0 aromatic heterocycles. The number of benzene rings is 2. The molecule has 0 saturated carbocycles. The Morgan fingerprint density at radius 3 is 2.62 bits per heavy atom. The minimum absolute atomic E-state index is 0.0727. The van der Waals surface area contributed by atoms with Crippen LogP contribution in [0.25, 0.3) is 0 Å². The summed E-state index contributed by atoms with van der Waals surface area (Å²) in [7, 11) is 1.57. The van der Waals surface area contributed by atoms with Gasteiger partial charge in [-0.05, 0) is 49.2 Å². The third-order valence-electron chi connectivity index (χ3n) is 4.54. The lowest BCUT2D eigenvalue weighted by molar-refractivity contribution is -0.121. The smallest absolute Gasteiger partial charge is 0.253 e. The first-order valence-electron chi connectivity index (χ1n) is 8.57. The van der Waals surface area contributed by atoms with Gasteiger partial charge < -0.3 is 15.0 Å². The molecule has 0 aliphatic carbocycles. The van der Waals surface area contributed by atoms with Crippen LogP contribution in [-0.4, -0.2) is 36.9 Å². The van der Waals surface area contributed by atoms with Crippen LogP contribution in [-0.2, 0) is 4.79 Å². The Morgan fingerprint density at radius 1 is 1.15 bits per heavy atom. The van der Waals surface area contributed by atoms with E-state index < -0.39 is 0 Å². The fraction of sp³-hybridized carbons (Fsp3) is 0.300. The molecule has 3 rings (SSSR count). The molecule has 0 radical (unpaired) electrons. The van der Waals surface area contributed by atoms with E-state index in [1.807, 2.05) is 12.1 Å². The molecule has 1 saturated heterocycles. The normalized spacial score (nSPS) is 16.8. The molecule has 6 heteroatoms. The Hall–Kier alpha value is -2.53. The molecular weight excluding hydrogens is 352 g/mol. The molecule has 1 atom stereocenters. The molecule has 136 valence electrons. The van der Waals surface area contributed by atoms with Crippen molar-refractivity contribution in [3.63, 3.8) is 0 Å². The van der Waals surface area contributed by atoms with Crippen molar-refractivity contribution in [1.82, 2.24) is 4.90 Å². The monoisotopic (exact) mass is 372 g/mol. The Kier molecular flexibility index (Phi) is 5.78. The number of carbonyl (C=O) groups excluding carboxylic acids is 2. The summed E-state index contributed by atoms with van der Waals surface area (Å²) in [5, 5.41) is 3.51. The van der Waals surface area contributed by atoms with Crippen molar-refractivity contribution in [2.75, 3.05) is 25.5 Å². The highest BCUT2D eigenvalue weighted by Gasteiger charge is 2.29. The van der Waals surface area contributed by atoms with Crippen molar-refractivity contribution in [1.29, 1.82) is 0 Å². The first-order valence-corrected chi connectivity index (χ1v) is 8.95. The van der Waals surface area contributed by atoms with Crippen LogP contribution in [0.15, 0.2) is 48.5 Å². The highest BCUT2D eigenvalue weighted by molar-refractivity contribution is 6.30. The van der Waals surface area contributed by atoms with Crippen molar-refractivity contribution >= 4 is 29.1 Å². The van der Waals surface area contributed by atoms with Crippen LogP contribution in [0.4, 0.5) is 5.69 Å². The lowest BCUT2D eigenvalue weighted by atomic mass is 9.96. The molecule has 5 nitrogen and oxygen atoms in total. The molecule has 26 heavy (non-hydrogen) atoms. The van der Waals surface area contributed by atoms with Crippen LogP contribution in [0, 0.1) is 5.92 Å². The Labute approximate surface area is 157 Å². The van der Waals surface area contributed by atoms with Gasteiger partial charge in [0.25, 0.3) is 5.91 Å². The SMILES string of the molecule is COc1ccccc1NC(=O)C1CCCN(C(=O)c2ccc(Cl)cc2)C1. The number of carbonyl (C=O) groups is 2. The number of rotatable bonds is 4. The number of ether oxygens (including phenoxy) is 1. The molecule has 0 spiro atoms. The van der Waals surface area contributed by atoms with E-state index in [9.17, 15) is 9.59 Å². The molecule has 2 aromatic rings. The maximum atomic E-state index is 12.7. The van der Waals surface area contributed by atoms with E-state index in [0.29, 0.717) is 35.1 Å². The molecule has 2 amide bonds. The Morgan fingerprint density at radius 2 is 1.88 bits per heavy atom. The van der Waals surface area contributed by atoms with Gasteiger partial charge in [-0.1, -0.05) is 23.7 Å². The standard InChI is InChI=1S/C20H21ClN2O3/c1-26-18-7-3-2-6-17(18)22-19(24)15-5-4-12-23(13-15)20(25)14-8-10-16(21)11-9-14/h2-3,6-11,15H,4-5,12-13H2,1H3,(H,22,24). The first-order chi connectivity index (χ1) is 12.6. The van der Waals surface area contributed by atoms with Crippen molar-refractivity contribution in [2.24, 2.45) is 5.92 Å². The molecule has 2 aromatic carbocycles. The zero-order valence-corrected chi connectivity index (χ0v) is 15.3. The number of nitrogens with one attached hydrogen (secondary N) is 1. The van der Waals surface area contributed by atoms with Gasteiger partial charge in [-0.3, -0.25) is 9.59 Å². The lowest BCUT2D eigenvalue weighted by Crippen LogP contribution is -2.43. The predicted octanol–water partition coefficient (Wildman–Crippen LogP) is 3.84. The third kappa shape index (κ3) is 4.17. The molecule has 1 aliphatic rings. The summed E-state index contributed by atoms with van der Waals surface area (Å²) in [5.41, 5.74) is 1.22. The zero-order chi connectivity index (χ0) is 18.5. The summed E-state index contributed by atoms with van der Waals surface area (Å²) in [6.45, 7) is 1.06. The Bertz CT molecular complexity index is 792. The number of likely N-dealkylation sites (tertiary alicyclic amines) is 1. The van der Waals surface area contributed by atoms with Crippen molar-refractivity contribution in [3.05, 3.63) is 59.1 Å². The number of para-hydroxylation sites is 2. The van der Waals surface area contributed by atoms with Gasteiger partial charge in [0.2, 0.25) is 5.91 Å². The van der Waals surface area contributed by atoms with Crippen LogP contribution in [0.3, 0.4) is 0 Å². The number of methoxy groups -OCH3 is 1. The summed E-state index contributed by atoms with van der Waals surface area (Å²) in [6.07, 6.45) is 1.55. The maximum Gasteiger partial charge on any atom is 0.253 e. The molecule has 1 unspecified atom stereocenters. The second-order valence-corrected chi connectivity index (χ2v) is 6.72. The van der Waals surface area contributed by atoms with Crippen molar-refractivity contribution < 1.29 is 14.3 Å². The van der Waals surface area contributed by atoms with E-state index >= 15 is 0 Å². The number of hydrogen-bond donors (Lipinski definition) is 1. The van der Waals surface area contributed by atoms with Crippen LogP contribution in [0.2, 0.25) is 5.02 Å². The van der Waals surface area contributed by atoms with E-state index in [-0.39, 0.29) is 17.7 Å². The van der Waals surface area contributed by atoms with Gasteiger partial charge in [0.05, 0.1) is 18.7 Å². The van der Waals surface area contributed by atoms with Gasteiger partial charge in [0.1, 0.15) is 5.75 Å². The van der Waals surface area contributed by atoms with Crippen LogP contribution >= 0.6 is 11.6 Å². The quantitative estimate of drug-likeness (QED) is 0.887. The second kappa shape index (κ2) is 8.23. The first kappa shape index (κ1) is 18.3. The number of hydrogen-bond acceptors (Lipinski definition) is 3. The number of piperidine rings is 1. The van der Waals surface area contributed by atoms with Gasteiger partial charge >= 0.3 is 0 Å². The van der Waals surface area contributed by atoms with E-state index in [4.69, 9.17) is 16.3 Å². The minimum Gasteiger partial charge on any atom is -0.495 e. The molecule has 1 heterocycles. The van der Waals surface area contributed by atoms with E-state index in [1.54, 1.807) is 48.4 Å². The second-order valence-electron chi connectivity index (χ2n) is 6.29. The fourth-order valence-corrected chi connectivity index (χ4v) is 3.26. The van der Waals surface area contributed by atoms with Gasteiger partial charge in [0, 0.05) is 23.7 Å². The summed E-state index contributed by atoms with van der Waals surface area (Å²) in [5.74, 6) is 0.204. The zero-order valence-electron chi connectivity index (χ0n) is 14.6. The van der Waals surface area contributed by atoms with E-state index in [2.05, 4.69) is 5.32 Å². The largest absolute Gasteiger partial charge is 0.495 e. The fourth-order valence-electron chi connectivity index (χ4n) is 3.13. The minimum atomic E-state index is -0.245. The molecule has 1 N–H and O–H groups in total. The van der Waals surface area contributed by atoms with E-state index in [1.165, 1.54) is 0 Å². The van der Waals surface area contributed by atoms with Crippen molar-refractivity contribution in [3.8, 4) is 5.75 Å². The summed E-state index contributed by atoms with van der Waals surface area (Å²) < 4.78 is 5.27. The maximum absolute atomic E-state index is 12.7. The van der Waals surface area contributed by atoms with Gasteiger partial charge in [-0.15, -0.1) is 0 Å². The van der Waals surface area contributed by atoms with Crippen molar-refractivity contribution in [2.45, 2.75) is 12.8 Å². The number of anilines is 1. The number of nitrogens with zero attached hydrogens (tertiary/aromatic N) is 1. The number of amides is 2. The average molecular weight is 373 g/mol. The van der Waals surface area contributed by atoms with E-state index in [0.717, 1.165) is 12.8 Å². The molecule has 1 fully saturated rings. The topological polar surface area (TPSA) is 58.6 Å². The van der Waals surface area contributed by atoms with Gasteiger partial charge in [-0.25, -0.2) is 0 Å². The molecular formula is C20H21ClN2O3. The predicted molar refractivity (Wildman–Crippen MR) is 102 cm³/mol. The third-order valence-corrected chi connectivity index (χ3v) is 4.79. The highest BCUT2D eigenvalue weighted by atomic mass is 35.5. The summed E-state index contributed by atoms with van der Waals surface area (Å²) in [6, 6.07) is 14.1. The molecule has 0 bridgehead atoms. The number of halogens is 1. The average Bonchev–Trinajstić information content (AvgIpc) is 2.68. The lowest BCUT2D eigenvalue weighted by Gasteiger charge is -2.32. The van der Waals surface area contributed by atoms with Gasteiger partial charge in [-0.2, -0.15) is 0 Å². The van der Waals surface area contributed by atoms with Crippen LogP contribution < -0.4 is 10.1 Å². The summed E-state index contributed by atoms with van der Waals surface area (Å²) >= 11 is 5.88. The van der Waals surface area contributed by atoms with Crippen LogP contribution in [0.5, 0.6) is 5.75 Å². The van der Waals surface area contributed by atoms with Gasteiger partial charge in [0.15, 0.2) is 0 Å². The highest BCUT2D eigenvalue weighted by Crippen LogP contribution is 2.26. The summed E-state index contributed by atoms with van der Waals surface area (Å²) in [4.78, 5) is 27.1. The Balaban J connectivity index is 1.66. The molecule has 1 aliphatic heterocycles.